The molecule has 0 aromatic heterocycles. The van der Waals surface area contributed by atoms with Gasteiger partial charge in [-0.15, -0.1) is 0 Å². The number of amides is 1. The maximum atomic E-state index is 12.6. The lowest BCUT2D eigenvalue weighted by Gasteiger charge is -2.12. The van der Waals surface area contributed by atoms with E-state index < -0.39 is 0 Å². The molecule has 0 aliphatic rings. The summed E-state index contributed by atoms with van der Waals surface area (Å²) in [6.45, 7) is 4.11. The Kier molecular flexibility index (Phi) is 8.84. The summed E-state index contributed by atoms with van der Waals surface area (Å²) in [5.74, 6) is -0.271. The maximum absolute atomic E-state index is 12.6. The quantitative estimate of drug-likeness (QED) is 0.385. The van der Waals surface area contributed by atoms with Gasteiger partial charge in [0, 0.05) is 28.5 Å². The third-order valence-corrected chi connectivity index (χ3v) is 4.86. The SMILES string of the molecule is C/C=C(Cl)\C=C/N/C(C(=O)NCc1ccc(-c2ccc(Cl)cc2)cc1)=C(\N)CC. The van der Waals surface area contributed by atoms with Crippen molar-refractivity contribution in [3.05, 3.63) is 93.9 Å². The largest absolute Gasteiger partial charge is 0.400 e. The van der Waals surface area contributed by atoms with Crippen LogP contribution in [-0.4, -0.2) is 5.91 Å². The van der Waals surface area contributed by atoms with Crippen LogP contribution in [0.1, 0.15) is 25.8 Å². The summed E-state index contributed by atoms with van der Waals surface area (Å²) in [4.78, 5) is 12.6. The summed E-state index contributed by atoms with van der Waals surface area (Å²) >= 11 is 11.9. The number of hydrogen-bond donors (Lipinski definition) is 3. The van der Waals surface area contributed by atoms with E-state index in [0.29, 0.717) is 34.4 Å². The number of carbonyl (C=O) groups is 1. The molecule has 0 aliphatic carbocycles. The van der Waals surface area contributed by atoms with Gasteiger partial charge in [-0.05, 0) is 48.2 Å². The summed E-state index contributed by atoms with van der Waals surface area (Å²) in [5, 5.41) is 7.10. The normalized spacial score (nSPS) is 12.6. The fraction of sp³-hybridized carbons (Fsp3) is 0.174. The van der Waals surface area contributed by atoms with Gasteiger partial charge in [0.05, 0.1) is 0 Å². The summed E-state index contributed by atoms with van der Waals surface area (Å²) < 4.78 is 0. The second-order valence-electron chi connectivity index (χ2n) is 6.29. The molecule has 0 atom stereocenters. The molecule has 4 nitrogen and oxygen atoms in total. The highest BCUT2D eigenvalue weighted by molar-refractivity contribution is 6.31. The highest BCUT2D eigenvalue weighted by Crippen LogP contribution is 2.21. The first-order chi connectivity index (χ1) is 13.9. The van der Waals surface area contributed by atoms with E-state index >= 15 is 0 Å². The van der Waals surface area contributed by atoms with E-state index in [9.17, 15) is 4.79 Å². The minimum absolute atomic E-state index is 0.271. The summed E-state index contributed by atoms with van der Waals surface area (Å²) in [6.07, 6.45) is 5.56. The molecule has 0 fully saturated rings. The van der Waals surface area contributed by atoms with Crippen LogP contribution in [0.15, 0.2) is 83.3 Å². The van der Waals surface area contributed by atoms with Crippen LogP contribution in [0.3, 0.4) is 0 Å². The molecule has 0 saturated heterocycles. The van der Waals surface area contributed by atoms with Crippen molar-refractivity contribution < 1.29 is 4.79 Å². The van der Waals surface area contributed by atoms with Crippen LogP contribution in [0.4, 0.5) is 0 Å². The van der Waals surface area contributed by atoms with E-state index in [-0.39, 0.29) is 5.91 Å². The molecule has 4 N–H and O–H groups in total. The Bertz CT molecular complexity index is 914. The highest BCUT2D eigenvalue weighted by atomic mass is 35.5. The molecule has 152 valence electrons. The van der Waals surface area contributed by atoms with Crippen LogP contribution in [-0.2, 0) is 11.3 Å². The van der Waals surface area contributed by atoms with Crippen molar-refractivity contribution in [1.82, 2.24) is 10.6 Å². The van der Waals surface area contributed by atoms with Crippen molar-refractivity contribution >= 4 is 29.1 Å². The standard InChI is InChI=1S/C23H25Cl2N3O/c1-3-19(24)13-14-27-22(21(26)4-2)23(29)28-15-16-5-7-17(8-6-16)18-9-11-20(25)12-10-18/h3,5-14,27H,4,15,26H2,1-2H3,(H,28,29)/b14-13-,19-3+,22-21-. The van der Waals surface area contributed by atoms with Gasteiger partial charge in [-0.2, -0.15) is 0 Å². The number of carbonyl (C=O) groups excluding carboxylic acids is 1. The van der Waals surface area contributed by atoms with Gasteiger partial charge in [0.1, 0.15) is 5.70 Å². The van der Waals surface area contributed by atoms with Crippen molar-refractivity contribution in [2.45, 2.75) is 26.8 Å². The van der Waals surface area contributed by atoms with Gasteiger partial charge in [0.25, 0.3) is 5.91 Å². The Morgan fingerprint density at radius 1 is 1.07 bits per heavy atom. The predicted octanol–water partition coefficient (Wildman–Crippen LogP) is 5.45. The summed E-state index contributed by atoms with van der Waals surface area (Å²) in [5.41, 5.74) is 9.94. The fourth-order valence-corrected chi connectivity index (χ4v) is 2.70. The first-order valence-corrected chi connectivity index (χ1v) is 10.1. The Balaban J connectivity index is 2.01. The first-order valence-electron chi connectivity index (χ1n) is 9.31. The van der Waals surface area contributed by atoms with Crippen molar-refractivity contribution in [2.75, 3.05) is 0 Å². The van der Waals surface area contributed by atoms with Crippen LogP contribution < -0.4 is 16.4 Å². The number of nitrogens with two attached hydrogens (primary N) is 1. The smallest absolute Gasteiger partial charge is 0.269 e. The molecule has 0 aliphatic heterocycles. The number of rotatable bonds is 8. The number of allylic oxidation sites excluding steroid dienone is 4. The monoisotopic (exact) mass is 429 g/mol. The molecule has 0 unspecified atom stereocenters. The molecule has 6 heteroatoms. The van der Waals surface area contributed by atoms with E-state index in [1.165, 1.54) is 0 Å². The Morgan fingerprint density at radius 2 is 1.66 bits per heavy atom. The lowest BCUT2D eigenvalue weighted by atomic mass is 10.0. The molecular formula is C23H25Cl2N3O. The third kappa shape index (κ3) is 7.00. The van der Waals surface area contributed by atoms with Gasteiger partial charge < -0.3 is 16.4 Å². The number of benzene rings is 2. The zero-order valence-electron chi connectivity index (χ0n) is 16.5. The van der Waals surface area contributed by atoms with E-state index in [2.05, 4.69) is 10.6 Å². The van der Waals surface area contributed by atoms with Crippen molar-refractivity contribution in [3.8, 4) is 11.1 Å². The average molecular weight is 430 g/mol. The van der Waals surface area contributed by atoms with Gasteiger partial charge in [0.2, 0.25) is 0 Å². The number of hydrogen-bond acceptors (Lipinski definition) is 3. The van der Waals surface area contributed by atoms with Crippen LogP contribution in [0, 0.1) is 0 Å². The third-order valence-electron chi connectivity index (χ3n) is 4.26. The van der Waals surface area contributed by atoms with Gasteiger partial charge >= 0.3 is 0 Å². The Labute approximate surface area is 182 Å². The van der Waals surface area contributed by atoms with E-state index in [1.807, 2.05) is 62.4 Å². The minimum Gasteiger partial charge on any atom is -0.400 e. The zero-order valence-corrected chi connectivity index (χ0v) is 18.0. The molecule has 2 rings (SSSR count). The van der Waals surface area contributed by atoms with Crippen molar-refractivity contribution in [3.63, 3.8) is 0 Å². The van der Waals surface area contributed by atoms with Crippen LogP contribution >= 0.6 is 23.2 Å². The van der Waals surface area contributed by atoms with Gasteiger partial charge in [0.15, 0.2) is 0 Å². The molecule has 2 aromatic rings. The Hall–Kier alpha value is -2.69. The molecule has 0 bridgehead atoms. The topological polar surface area (TPSA) is 67.2 Å². The van der Waals surface area contributed by atoms with Gasteiger partial charge in [-0.25, -0.2) is 0 Å². The molecular weight excluding hydrogens is 405 g/mol. The van der Waals surface area contributed by atoms with E-state index in [4.69, 9.17) is 28.9 Å². The first kappa shape index (κ1) is 22.6. The number of halogens is 2. The molecule has 0 heterocycles. The fourth-order valence-electron chi connectivity index (χ4n) is 2.51. The van der Waals surface area contributed by atoms with E-state index in [0.717, 1.165) is 16.7 Å². The van der Waals surface area contributed by atoms with Crippen molar-refractivity contribution in [1.29, 1.82) is 0 Å². The molecule has 1 amide bonds. The second kappa shape index (κ2) is 11.3. The zero-order chi connectivity index (χ0) is 21.2. The van der Waals surface area contributed by atoms with Crippen LogP contribution in [0.2, 0.25) is 5.02 Å². The predicted molar refractivity (Wildman–Crippen MR) is 122 cm³/mol. The maximum Gasteiger partial charge on any atom is 0.269 e. The highest BCUT2D eigenvalue weighted by Gasteiger charge is 2.11. The number of nitrogens with one attached hydrogen (secondary N) is 2. The summed E-state index contributed by atoms with van der Waals surface area (Å²) in [6, 6.07) is 15.7. The van der Waals surface area contributed by atoms with E-state index in [1.54, 1.807) is 18.4 Å². The van der Waals surface area contributed by atoms with Crippen LogP contribution in [0.25, 0.3) is 11.1 Å². The van der Waals surface area contributed by atoms with Crippen LogP contribution in [0.5, 0.6) is 0 Å². The Morgan fingerprint density at radius 3 is 2.21 bits per heavy atom. The average Bonchev–Trinajstić information content (AvgIpc) is 2.75. The lowest BCUT2D eigenvalue weighted by molar-refractivity contribution is -0.118. The molecule has 2 aromatic carbocycles. The van der Waals surface area contributed by atoms with Gasteiger partial charge in [-0.3, -0.25) is 4.79 Å². The van der Waals surface area contributed by atoms with Gasteiger partial charge in [-0.1, -0.05) is 72.6 Å². The van der Waals surface area contributed by atoms with Crippen molar-refractivity contribution in [2.24, 2.45) is 5.73 Å². The summed E-state index contributed by atoms with van der Waals surface area (Å²) in [7, 11) is 0. The molecule has 0 saturated carbocycles. The molecule has 0 spiro atoms. The minimum atomic E-state index is -0.271. The second-order valence-corrected chi connectivity index (χ2v) is 7.16. The molecule has 29 heavy (non-hydrogen) atoms. The lowest BCUT2D eigenvalue weighted by Crippen LogP contribution is -2.32. The molecule has 0 radical (unpaired) electrons.